The number of hydrogen-bond donors (Lipinski definition) is 3. The van der Waals surface area contributed by atoms with Crippen LogP contribution in [0.3, 0.4) is 0 Å². The standard InChI is InChI=1S/C14H21N5O2/c1-5-14(16,17-2)13-18-9-7-11(21-4)10(20-3)6-8(9)12(15)19-13/h6-7,17H,5,16H2,1-4H3,(H2,15,18,19). The predicted octanol–water partition coefficient (Wildman–Crippen LogP) is 0.970. The Morgan fingerprint density at radius 1 is 1.19 bits per heavy atom. The maximum atomic E-state index is 6.26. The monoisotopic (exact) mass is 291 g/mol. The first-order valence-electron chi connectivity index (χ1n) is 6.66. The molecule has 0 radical (unpaired) electrons. The largest absolute Gasteiger partial charge is 0.493 e. The summed E-state index contributed by atoms with van der Waals surface area (Å²) in [6.45, 7) is 1.95. The third kappa shape index (κ3) is 2.57. The van der Waals surface area contributed by atoms with E-state index < -0.39 is 5.66 Å². The van der Waals surface area contributed by atoms with Gasteiger partial charge in [0.1, 0.15) is 11.5 Å². The molecule has 0 aliphatic carbocycles. The summed E-state index contributed by atoms with van der Waals surface area (Å²) in [6, 6.07) is 3.53. The highest BCUT2D eigenvalue weighted by Crippen LogP contribution is 2.33. The second-order valence-electron chi connectivity index (χ2n) is 4.73. The number of hydrogen-bond acceptors (Lipinski definition) is 7. The molecule has 1 atom stereocenters. The van der Waals surface area contributed by atoms with E-state index in [0.29, 0.717) is 40.5 Å². The highest BCUT2D eigenvalue weighted by atomic mass is 16.5. The van der Waals surface area contributed by atoms with Crippen molar-refractivity contribution < 1.29 is 9.47 Å². The van der Waals surface area contributed by atoms with E-state index in [1.165, 1.54) is 0 Å². The molecule has 0 fully saturated rings. The number of anilines is 1. The number of nitrogens with two attached hydrogens (primary N) is 2. The van der Waals surface area contributed by atoms with Gasteiger partial charge in [0.05, 0.1) is 19.7 Å². The maximum absolute atomic E-state index is 6.26. The topological polar surface area (TPSA) is 108 Å². The molecular weight excluding hydrogens is 270 g/mol. The van der Waals surface area contributed by atoms with E-state index in [2.05, 4.69) is 15.3 Å². The van der Waals surface area contributed by atoms with Gasteiger partial charge in [-0.05, 0) is 19.5 Å². The summed E-state index contributed by atoms with van der Waals surface area (Å²) >= 11 is 0. The van der Waals surface area contributed by atoms with Crippen molar-refractivity contribution in [3.63, 3.8) is 0 Å². The van der Waals surface area contributed by atoms with E-state index in [0.717, 1.165) is 0 Å². The SMILES string of the molecule is CCC(N)(NC)c1nc(N)c2cc(OC)c(OC)cc2n1. The Labute approximate surface area is 123 Å². The zero-order valence-corrected chi connectivity index (χ0v) is 12.7. The van der Waals surface area contributed by atoms with Crippen molar-refractivity contribution in [2.75, 3.05) is 27.0 Å². The number of ether oxygens (including phenoxy) is 2. The molecule has 2 rings (SSSR count). The first-order chi connectivity index (χ1) is 9.98. The van der Waals surface area contributed by atoms with Gasteiger partial charge in [-0.2, -0.15) is 0 Å². The van der Waals surface area contributed by atoms with Crippen LogP contribution in [0, 0.1) is 0 Å². The molecule has 0 bridgehead atoms. The first-order valence-corrected chi connectivity index (χ1v) is 6.66. The number of aromatic nitrogens is 2. The summed E-state index contributed by atoms with van der Waals surface area (Å²) in [7, 11) is 4.90. The van der Waals surface area contributed by atoms with Crippen molar-refractivity contribution in [3.8, 4) is 11.5 Å². The molecule has 0 spiro atoms. The average molecular weight is 291 g/mol. The third-order valence-electron chi connectivity index (χ3n) is 3.63. The van der Waals surface area contributed by atoms with E-state index in [1.807, 2.05) is 6.92 Å². The summed E-state index contributed by atoms with van der Waals surface area (Å²) in [6.07, 6.45) is 0.627. The Balaban J connectivity index is 2.70. The fraction of sp³-hybridized carbons (Fsp3) is 0.429. The van der Waals surface area contributed by atoms with Crippen LogP contribution in [0.4, 0.5) is 5.82 Å². The van der Waals surface area contributed by atoms with Crippen LogP contribution < -0.4 is 26.3 Å². The fourth-order valence-electron chi connectivity index (χ4n) is 2.13. The molecule has 1 heterocycles. The molecule has 0 saturated heterocycles. The minimum Gasteiger partial charge on any atom is -0.493 e. The smallest absolute Gasteiger partial charge is 0.165 e. The summed E-state index contributed by atoms with van der Waals surface area (Å²) in [5.74, 6) is 1.97. The molecule has 21 heavy (non-hydrogen) atoms. The van der Waals surface area contributed by atoms with Crippen molar-refractivity contribution in [2.24, 2.45) is 5.73 Å². The molecule has 0 amide bonds. The zero-order valence-electron chi connectivity index (χ0n) is 12.7. The first kappa shape index (κ1) is 15.3. The maximum Gasteiger partial charge on any atom is 0.165 e. The molecule has 2 aromatic rings. The van der Waals surface area contributed by atoms with E-state index in [4.69, 9.17) is 20.9 Å². The van der Waals surface area contributed by atoms with Gasteiger partial charge in [0.25, 0.3) is 0 Å². The summed E-state index contributed by atoms with van der Waals surface area (Å²) in [5, 5.41) is 3.73. The number of nitrogen functional groups attached to an aromatic ring is 1. The lowest BCUT2D eigenvalue weighted by molar-refractivity contribution is 0.341. The minimum absolute atomic E-state index is 0.356. The normalized spacial score (nSPS) is 14.0. The van der Waals surface area contributed by atoms with Crippen molar-refractivity contribution in [3.05, 3.63) is 18.0 Å². The molecule has 5 N–H and O–H groups in total. The second-order valence-corrected chi connectivity index (χ2v) is 4.73. The van der Waals surface area contributed by atoms with E-state index in [1.54, 1.807) is 33.4 Å². The molecule has 0 aliphatic heterocycles. The van der Waals surface area contributed by atoms with Crippen LogP contribution in [0.25, 0.3) is 10.9 Å². The van der Waals surface area contributed by atoms with Crippen molar-refractivity contribution in [1.82, 2.24) is 15.3 Å². The van der Waals surface area contributed by atoms with Crippen LogP contribution in [0.2, 0.25) is 0 Å². The summed E-state index contributed by atoms with van der Waals surface area (Å²) in [4.78, 5) is 8.85. The van der Waals surface area contributed by atoms with Crippen molar-refractivity contribution in [2.45, 2.75) is 19.0 Å². The lowest BCUT2D eigenvalue weighted by Gasteiger charge is -2.26. The predicted molar refractivity (Wildman–Crippen MR) is 82.3 cm³/mol. The van der Waals surface area contributed by atoms with Gasteiger partial charge in [0.2, 0.25) is 0 Å². The molecule has 1 aromatic heterocycles. The lowest BCUT2D eigenvalue weighted by Crippen LogP contribution is -2.49. The number of benzene rings is 1. The number of nitrogens with zero attached hydrogens (tertiary/aromatic N) is 2. The third-order valence-corrected chi connectivity index (χ3v) is 3.63. The number of nitrogens with one attached hydrogen (secondary N) is 1. The Bertz CT molecular complexity index is 655. The van der Waals surface area contributed by atoms with Crippen LogP contribution in [0.1, 0.15) is 19.2 Å². The fourth-order valence-corrected chi connectivity index (χ4v) is 2.13. The van der Waals surface area contributed by atoms with Gasteiger partial charge in [0.15, 0.2) is 17.3 Å². The lowest BCUT2D eigenvalue weighted by atomic mass is 10.1. The summed E-state index contributed by atoms with van der Waals surface area (Å²) < 4.78 is 10.6. The van der Waals surface area contributed by atoms with Gasteiger partial charge in [-0.3, -0.25) is 5.32 Å². The molecule has 0 saturated carbocycles. The van der Waals surface area contributed by atoms with Crippen LogP contribution in [-0.4, -0.2) is 31.2 Å². The molecule has 114 valence electrons. The van der Waals surface area contributed by atoms with Crippen molar-refractivity contribution >= 4 is 16.7 Å². The zero-order chi connectivity index (χ0) is 15.6. The molecule has 1 unspecified atom stereocenters. The second kappa shape index (κ2) is 5.71. The van der Waals surface area contributed by atoms with Gasteiger partial charge < -0.3 is 20.9 Å². The average Bonchev–Trinajstić information content (AvgIpc) is 2.52. The highest BCUT2D eigenvalue weighted by molar-refractivity contribution is 5.90. The molecular formula is C14H21N5O2. The van der Waals surface area contributed by atoms with Crippen LogP contribution >= 0.6 is 0 Å². The van der Waals surface area contributed by atoms with Gasteiger partial charge in [-0.25, -0.2) is 9.97 Å². The van der Waals surface area contributed by atoms with Crippen molar-refractivity contribution in [1.29, 1.82) is 0 Å². The van der Waals surface area contributed by atoms with E-state index in [9.17, 15) is 0 Å². The van der Waals surface area contributed by atoms with Gasteiger partial charge in [-0.15, -0.1) is 0 Å². The van der Waals surface area contributed by atoms with Gasteiger partial charge in [0, 0.05) is 11.5 Å². The van der Waals surface area contributed by atoms with Crippen LogP contribution in [0.5, 0.6) is 11.5 Å². The quantitative estimate of drug-likeness (QED) is 0.704. The van der Waals surface area contributed by atoms with Crippen LogP contribution in [-0.2, 0) is 5.66 Å². The molecule has 1 aromatic carbocycles. The highest BCUT2D eigenvalue weighted by Gasteiger charge is 2.27. The molecule has 7 nitrogen and oxygen atoms in total. The number of methoxy groups -OCH3 is 2. The van der Waals surface area contributed by atoms with E-state index in [-0.39, 0.29) is 0 Å². The Kier molecular flexibility index (Phi) is 4.15. The number of fused-ring (bicyclic) bond motifs is 1. The van der Waals surface area contributed by atoms with Gasteiger partial charge in [-0.1, -0.05) is 6.92 Å². The van der Waals surface area contributed by atoms with E-state index >= 15 is 0 Å². The Morgan fingerprint density at radius 3 is 2.33 bits per heavy atom. The number of rotatable bonds is 5. The minimum atomic E-state index is -0.824. The van der Waals surface area contributed by atoms with Gasteiger partial charge >= 0.3 is 0 Å². The molecule has 7 heteroatoms. The van der Waals surface area contributed by atoms with Crippen LogP contribution in [0.15, 0.2) is 12.1 Å². The summed E-state index contributed by atoms with van der Waals surface area (Å²) in [5.41, 5.74) is 12.1. The Hall–Kier alpha value is -2.12. The molecule has 0 aliphatic rings. The Morgan fingerprint density at radius 2 is 1.81 bits per heavy atom.